The summed E-state index contributed by atoms with van der Waals surface area (Å²) in [6.45, 7) is 1.95. The quantitative estimate of drug-likeness (QED) is 0.668. The van der Waals surface area contributed by atoms with Crippen molar-refractivity contribution in [3.63, 3.8) is 0 Å². The number of nitro groups is 1. The normalized spacial score (nSPS) is 15.8. The van der Waals surface area contributed by atoms with Crippen LogP contribution in [0.25, 0.3) is 0 Å². The standard InChI is InChI=1S/C14H19N3O4/c1-21-13-8-11(17(19)20)2-3-12(13)14(18)16-6-4-10(9-15)5-7-16/h2-3,8,10H,4-7,9,15H2,1H3. The predicted molar refractivity (Wildman–Crippen MR) is 77.3 cm³/mol. The number of nitro benzene ring substituents is 1. The molecule has 0 atom stereocenters. The van der Waals surface area contributed by atoms with Crippen LogP contribution >= 0.6 is 0 Å². The fourth-order valence-electron chi connectivity index (χ4n) is 2.51. The lowest BCUT2D eigenvalue weighted by molar-refractivity contribution is -0.384. The van der Waals surface area contributed by atoms with Crippen molar-refractivity contribution >= 4 is 11.6 Å². The molecule has 0 radical (unpaired) electrons. The average Bonchev–Trinajstić information content (AvgIpc) is 2.53. The van der Waals surface area contributed by atoms with Gasteiger partial charge < -0.3 is 15.4 Å². The molecule has 0 unspecified atom stereocenters. The number of amides is 1. The second kappa shape index (κ2) is 6.53. The molecule has 0 saturated carbocycles. The molecular formula is C14H19N3O4. The molecule has 1 fully saturated rings. The minimum absolute atomic E-state index is 0.0924. The fraction of sp³-hybridized carbons (Fsp3) is 0.500. The summed E-state index contributed by atoms with van der Waals surface area (Å²) in [7, 11) is 1.40. The summed E-state index contributed by atoms with van der Waals surface area (Å²) < 4.78 is 5.12. The molecule has 1 aromatic carbocycles. The van der Waals surface area contributed by atoms with E-state index in [0.717, 1.165) is 12.8 Å². The lowest BCUT2D eigenvalue weighted by atomic mass is 9.96. The van der Waals surface area contributed by atoms with Crippen LogP contribution in [-0.4, -0.2) is 42.5 Å². The Morgan fingerprint density at radius 2 is 2.14 bits per heavy atom. The third-order valence-electron chi connectivity index (χ3n) is 3.86. The van der Waals surface area contributed by atoms with Crippen molar-refractivity contribution in [2.24, 2.45) is 11.7 Å². The summed E-state index contributed by atoms with van der Waals surface area (Å²) in [5, 5.41) is 10.8. The highest BCUT2D eigenvalue weighted by atomic mass is 16.6. The lowest BCUT2D eigenvalue weighted by Crippen LogP contribution is -2.40. The SMILES string of the molecule is COc1cc([N+](=O)[O-])ccc1C(=O)N1CCC(CN)CC1. The van der Waals surface area contributed by atoms with Crippen LogP contribution in [0, 0.1) is 16.0 Å². The van der Waals surface area contributed by atoms with Gasteiger partial charge in [-0.25, -0.2) is 0 Å². The van der Waals surface area contributed by atoms with Crippen LogP contribution in [-0.2, 0) is 0 Å². The zero-order chi connectivity index (χ0) is 15.4. The molecule has 7 heteroatoms. The van der Waals surface area contributed by atoms with Crippen molar-refractivity contribution < 1.29 is 14.5 Å². The molecule has 1 saturated heterocycles. The van der Waals surface area contributed by atoms with Crippen molar-refractivity contribution in [2.45, 2.75) is 12.8 Å². The Bertz CT molecular complexity index is 539. The molecule has 0 aliphatic carbocycles. The van der Waals surface area contributed by atoms with E-state index in [-0.39, 0.29) is 17.3 Å². The van der Waals surface area contributed by atoms with Crippen LogP contribution in [0.4, 0.5) is 5.69 Å². The molecule has 1 heterocycles. The largest absolute Gasteiger partial charge is 0.496 e. The summed E-state index contributed by atoms with van der Waals surface area (Å²) in [6, 6.07) is 4.05. The zero-order valence-electron chi connectivity index (χ0n) is 11.9. The number of hydrogen-bond acceptors (Lipinski definition) is 5. The van der Waals surface area contributed by atoms with Gasteiger partial charge in [0.25, 0.3) is 11.6 Å². The van der Waals surface area contributed by atoms with Crippen molar-refractivity contribution in [1.29, 1.82) is 0 Å². The van der Waals surface area contributed by atoms with Crippen LogP contribution in [0.1, 0.15) is 23.2 Å². The number of rotatable bonds is 4. The van der Waals surface area contributed by atoms with E-state index in [1.165, 1.54) is 25.3 Å². The summed E-state index contributed by atoms with van der Waals surface area (Å²) in [6.07, 6.45) is 1.77. The van der Waals surface area contributed by atoms with E-state index < -0.39 is 4.92 Å². The Kier molecular flexibility index (Phi) is 4.74. The zero-order valence-corrected chi connectivity index (χ0v) is 11.9. The molecule has 7 nitrogen and oxygen atoms in total. The highest BCUT2D eigenvalue weighted by molar-refractivity contribution is 5.97. The molecule has 1 amide bonds. The van der Waals surface area contributed by atoms with E-state index in [1.54, 1.807) is 4.90 Å². The van der Waals surface area contributed by atoms with Crippen molar-refractivity contribution in [3.8, 4) is 5.75 Å². The molecule has 0 bridgehead atoms. The van der Waals surface area contributed by atoms with Crippen molar-refractivity contribution in [3.05, 3.63) is 33.9 Å². The van der Waals surface area contributed by atoms with Gasteiger partial charge in [0.2, 0.25) is 0 Å². The topological polar surface area (TPSA) is 98.7 Å². The first-order chi connectivity index (χ1) is 10.1. The lowest BCUT2D eigenvalue weighted by Gasteiger charge is -2.31. The molecule has 21 heavy (non-hydrogen) atoms. The van der Waals surface area contributed by atoms with Crippen molar-refractivity contribution in [2.75, 3.05) is 26.7 Å². The monoisotopic (exact) mass is 293 g/mol. The van der Waals surface area contributed by atoms with Gasteiger partial charge in [-0.2, -0.15) is 0 Å². The van der Waals surface area contributed by atoms with Gasteiger partial charge in [0.15, 0.2) is 0 Å². The maximum atomic E-state index is 12.5. The number of nitrogens with zero attached hydrogens (tertiary/aromatic N) is 2. The van der Waals surface area contributed by atoms with Gasteiger partial charge in [0.05, 0.1) is 23.7 Å². The molecule has 0 spiro atoms. The van der Waals surface area contributed by atoms with Gasteiger partial charge in [-0.05, 0) is 31.4 Å². The maximum Gasteiger partial charge on any atom is 0.273 e. The molecule has 0 aromatic heterocycles. The Morgan fingerprint density at radius 1 is 1.48 bits per heavy atom. The van der Waals surface area contributed by atoms with Gasteiger partial charge in [-0.3, -0.25) is 14.9 Å². The average molecular weight is 293 g/mol. The van der Waals surface area contributed by atoms with E-state index in [1.807, 2.05) is 0 Å². The van der Waals surface area contributed by atoms with Crippen LogP contribution in [0.15, 0.2) is 18.2 Å². The summed E-state index contributed by atoms with van der Waals surface area (Å²) in [5.74, 6) is 0.542. The van der Waals surface area contributed by atoms with Crippen LogP contribution in [0.5, 0.6) is 5.75 Å². The molecule has 2 rings (SSSR count). The Morgan fingerprint density at radius 3 is 2.67 bits per heavy atom. The highest BCUT2D eigenvalue weighted by Crippen LogP contribution is 2.27. The summed E-state index contributed by atoms with van der Waals surface area (Å²) in [5.41, 5.74) is 5.90. The molecule has 114 valence electrons. The number of piperidine rings is 1. The van der Waals surface area contributed by atoms with E-state index in [4.69, 9.17) is 10.5 Å². The van der Waals surface area contributed by atoms with E-state index in [0.29, 0.717) is 31.1 Å². The third-order valence-corrected chi connectivity index (χ3v) is 3.86. The van der Waals surface area contributed by atoms with Gasteiger partial charge in [-0.15, -0.1) is 0 Å². The fourth-order valence-corrected chi connectivity index (χ4v) is 2.51. The summed E-state index contributed by atoms with van der Waals surface area (Å²) >= 11 is 0. The number of methoxy groups -OCH3 is 1. The highest BCUT2D eigenvalue weighted by Gasteiger charge is 2.25. The number of benzene rings is 1. The van der Waals surface area contributed by atoms with E-state index in [2.05, 4.69) is 0 Å². The van der Waals surface area contributed by atoms with Crippen LogP contribution in [0.3, 0.4) is 0 Å². The first kappa shape index (κ1) is 15.2. The minimum Gasteiger partial charge on any atom is -0.496 e. The molecular weight excluding hydrogens is 274 g/mol. The maximum absolute atomic E-state index is 12.5. The molecule has 1 aliphatic heterocycles. The van der Waals surface area contributed by atoms with Gasteiger partial charge in [0.1, 0.15) is 5.75 Å². The Hall–Kier alpha value is -2.15. The van der Waals surface area contributed by atoms with E-state index >= 15 is 0 Å². The second-order valence-electron chi connectivity index (χ2n) is 5.11. The Balaban J connectivity index is 2.17. The predicted octanol–water partition coefficient (Wildman–Crippen LogP) is 1.41. The molecule has 1 aromatic rings. The summed E-state index contributed by atoms with van der Waals surface area (Å²) in [4.78, 5) is 24.5. The minimum atomic E-state index is -0.510. The van der Waals surface area contributed by atoms with Crippen LogP contribution < -0.4 is 10.5 Å². The van der Waals surface area contributed by atoms with Gasteiger partial charge in [-0.1, -0.05) is 0 Å². The van der Waals surface area contributed by atoms with Gasteiger partial charge >= 0.3 is 0 Å². The first-order valence-electron chi connectivity index (χ1n) is 6.88. The smallest absolute Gasteiger partial charge is 0.273 e. The Labute approximate surface area is 122 Å². The number of ether oxygens (including phenoxy) is 1. The van der Waals surface area contributed by atoms with Crippen molar-refractivity contribution in [1.82, 2.24) is 4.90 Å². The number of carbonyl (C=O) groups excluding carboxylic acids is 1. The van der Waals surface area contributed by atoms with E-state index in [9.17, 15) is 14.9 Å². The van der Waals surface area contributed by atoms with Gasteiger partial charge in [0, 0.05) is 19.2 Å². The number of nitrogens with two attached hydrogens (primary N) is 1. The number of carbonyl (C=O) groups is 1. The number of hydrogen-bond donors (Lipinski definition) is 1. The molecule has 2 N–H and O–H groups in total. The molecule has 1 aliphatic rings. The first-order valence-corrected chi connectivity index (χ1v) is 6.88. The number of non-ortho nitro benzene ring substituents is 1. The van der Waals surface area contributed by atoms with Crippen LogP contribution in [0.2, 0.25) is 0 Å². The third kappa shape index (κ3) is 3.30. The second-order valence-corrected chi connectivity index (χ2v) is 5.11. The number of likely N-dealkylation sites (tertiary alicyclic amines) is 1.